The number of aromatic nitrogens is 2. The van der Waals surface area contributed by atoms with Crippen LogP contribution in [0.2, 0.25) is 0 Å². The molecule has 2 heterocycles. The number of nitrogens with zero attached hydrogens (tertiary/aromatic N) is 2. The molecule has 0 aliphatic rings. The number of thiazole rings is 1. The molecule has 12 heavy (non-hydrogen) atoms. The molecule has 0 aliphatic carbocycles. The van der Waals surface area contributed by atoms with Gasteiger partial charge in [-0.25, -0.2) is 4.98 Å². The lowest BCUT2D eigenvalue weighted by Gasteiger charge is -1.95. The van der Waals surface area contributed by atoms with E-state index < -0.39 is 0 Å². The van der Waals surface area contributed by atoms with Crippen molar-refractivity contribution in [1.82, 2.24) is 14.9 Å². The fraction of sp³-hybridized carbons (Fsp3) is 0.286. The molecule has 0 saturated carbocycles. The summed E-state index contributed by atoms with van der Waals surface area (Å²) in [7, 11) is 1.60. The minimum atomic E-state index is 0.644. The Labute approximate surface area is 73.8 Å². The van der Waals surface area contributed by atoms with Gasteiger partial charge in [-0.2, -0.15) is 5.48 Å². The summed E-state index contributed by atoms with van der Waals surface area (Å²) in [5.74, 6) is 0. The van der Waals surface area contributed by atoms with Crippen molar-refractivity contribution in [2.45, 2.75) is 6.54 Å². The fourth-order valence-corrected chi connectivity index (χ4v) is 1.73. The summed E-state index contributed by atoms with van der Waals surface area (Å²) in [6.45, 7) is 0.644. The van der Waals surface area contributed by atoms with Gasteiger partial charge in [-0.1, -0.05) is 0 Å². The van der Waals surface area contributed by atoms with E-state index in [9.17, 15) is 0 Å². The van der Waals surface area contributed by atoms with Crippen LogP contribution in [0.3, 0.4) is 0 Å². The average Bonchev–Trinajstić information content (AvgIpc) is 2.58. The molecule has 1 N–H and O–H groups in total. The third-order valence-corrected chi connectivity index (χ3v) is 2.31. The molecule has 0 aliphatic heterocycles. The number of hydrogen-bond donors (Lipinski definition) is 1. The number of hydrogen-bond acceptors (Lipinski definition) is 4. The van der Waals surface area contributed by atoms with E-state index in [2.05, 4.69) is 10.5 Å². The van der Waals surface area contributed by atoms with Crippen LogP contribution in [0, 0.1) is 0 Å². The lowest BCUT2D eigenvalue weighted by Crippen LogP contribution is -2.10. The van der Waals surface area contributed by atoms with Crippen LogP contribution in [0.15, 0.2) is 17.8 Å². The van der Waals surface area contributed by atoms with Crippen molar-refractivity contribution in [3.8, 4) is 0 Å². The molecular formula is C7H9N3OS. The first-order valence-corrected chi connectivity index (χ1v) is 4.45. The van der Waals surface area contributed by atoms with Gasteiger partial charge < -0.3 is 4.84 Å². The number of imidazole rings is 1. The molecule has 0 unspecified atom stereocenters. The third kappa shape index (κ3) is 1.34. The molecule has 2 rings (SSSR count). The maximum Gasteiger partial charge on any atom is 0.193 e. The molecule has 0 radical (unpaired) electrons. The van der Waals surface area contributed by atoms with Crippen LogP contribution in [-0.2, 0) is 11.4 Å². The van der Waals surface area contributed by atoms with Crippen LogP contribution in [0.5, 0.6) is 0 Å². The number of fused-ring (bicyclic) bond motifs is 1. The van der Waals surface area contributed by atoms with Crippen LogP contribution >= 0.6 is 11.3 Å². The van der Waals surface area contributed by atoms with Gasteiger partial charge in [0.2, 0.25) is 0 Å². The summed E-state index contributed by atoms with van der Waals surface area (Å²) in [5, 5.41) is 2.01. The molecule has 0 fully saturated rings. The summed E-state index contributed by atoms with van der Waals surface area (Å²) in [5.41, 5.74) is 3.73. The largest absolute Gasteiger partial charge is 0.305 e. The highest BCUT2D eigenvalue weighted by molar-refractivity contribution is 7.15. The van der Waals surface area contributed by atoms with Crippen LogP contribution in [-0.4, -0.2) is 16.5 Å². The van der Waals surface area contributed by atoms with Crippen molar-refractivity contribution >= 4 is 16.3 Å². The van der Waals surface area contributed by atoms with Crippen molar-refractivity contribution in [3.05, 3.63) is 23.5 Å². The van der Waals surface area contributed by atoms with Gasteiger partial charge in [0.05, 0.1) is 19.3 Å². The molecule has 0 aromatic carbocycles. The van der Waals surface area contributed by atoms with Gasteiger partial charge in [0.1, 0.15) is 0 Å². The predicted octanol–water partition coefficient (Wildman–Crippen LogP) is 1.05. The second-order valence-corrected chi connectivity index (χ2v) is 3.22. The molecule has 64 valence electrons. The van der Waals surface area contributed by atoms with Gasteiger partial charge in [0.25, 0.3) is 0 Å². The fourth-order valence-electron chi connectivity index (χ4n) is 1.01. The number of rotatable bonds is 3. The summed E-state index contributed by atoms with van der Waals surface area (Å²) in [6, 6.07) is 0. The molecule has 0 atom stereocenters. The Bertz CT molecular complexity index is 339. The Balaban J connectivity index is 2.21. The van der Waals surface area contributed by atoms with Gasteiger partial charge in [-0.05, 0) is 0 Å². The molecule has 2 aromatic rings. The van der Waals surface area contributed by atoms with Crippen molar-refractivity contribution in [1.29, 1.82) is 0 Å². The van der Waals surface area contributed by atoms with Gasteiger partial charge >= 0.3 is 0 Å². The Kier molecular flexibility index (Phi) is 2.07. The molecule has 0 bridgehead atoms. The van der Waals surface area contributed by atoms with E-state index in [0.29, 0.717) is 6.54 Å². The lowest BCUT2D eigenvalue weighted by molar-refractivity contribution is 0.0859. The first kappa shape index (κ1) is 7.72. The Morgan fingerprint density at radius 1 is 1.75 bits per heavy atom. The van der Waals surface area contributed by atoms with Gasteiger partial charge in [0, 0.05) is 17.8 Å². The van der Waals surface area contributed by atoms with E-state index in [0.717, 1.165) is 10.7 Å². The van der Waals surface area contributed by atoms with Crippen LogP contribution in [0.25, 0.3) is 4.96 Å². The Morgan fingerprint density at radius 2 is 2.67 bits per heavy atom. The highest BCUT2D eigenvalue weighted by Gasteiger charge is 2.00. The van der Waals surface area contributed by atoms with Crippen molar-refractivity contribution in [2.24, 2.45) is 0 Å². The summed E-state index contributed by atoms with van der Waals surface area (Å²) in [6.07, 6.45) is 3.97. The van der Waals surface area contributed by atoms with Crippen molar-refractivity contribution < 1.29 is 4.84 Å². The molecule has 0 saturated heterocycles. The van der Waals surface area contributed by atoms with E-state index in [1.807, 2.05) is 22.2 Å². The predicted molar refractivity (Wildman–Crippen MR) is 46.9 cm³/mol. The zero-order valence-electron chi connectivity index (χ0n) is 6.65. The molecule has 2 aromatic heterocycles. The second kappa shape index (κ2) is 3.22. The van der Waals surface area contributed by atoms with E-state index in [-0.39, 0.29) is 0 Å². The Morgan fingerprint density at radius 3 is 3.42 bits per heavy atom. The smallest absolute Gasteiger partial charge is 0.193 e. The maximum atomic E-state index is 4.72. The van der Waals surface area contributed by atoms with Crippen LogP contribution < -0.4 is 5.48 Å². The zero-order valence-corrected chi connectivity index (χ0v) is 7.47. The van der Waals surface area contributed by atoms with E-state index in [4.69, 9.17) is 4.84 Å². The first-order chi connectivity index (χ1) is 5.90. The van der Waals surface area contributed by atoms with Crippen LogP contribution in [0.1, 0.15) is 5.69 Å². The molecule has 4 nitrogen and oxygen atoms in total. The van der Waals surface area contributed by atoms with E-state index in [1.165, 1.54) is 0 Å². The highest BCUT2D eigenvalue weighted by Crippen LogP contribution is 2.10. The minimum absolute atomic E-state index is 0.644. The quantitative estimate of drug-likeness (QED) is 0.723. The van der Waals surface area contributed by atoms with Crippen molar-refractivity contribution in [2.75, 3.05) is 7.11 Å². The summed E-state index contributed by atoms with van der Waals surface area (Å²) >= 11 is 1.62. The molecule has 0 amide bonds. The topological polar surface area (TPSA) is 38.6 Å². The Hall–Kier alpha value is -0.910. The average molecular weight is 183 g/mol. The van der Waals surface area contributed by atoms with Gasteiger partial charge in [0.15, 0.2) is 4.96 Å². The standard InChI is InChI=1S/C7H9N3OS/c1-11-8-4-6-5-10-2-3-12-7(10)9-6/h2-3,5,8H,4H2,1H3. The lowest BCUT2D eigenvalue weighted by atomic mass is 10.5. The van der Waals surface area contributed by atoms with E-state index >= 15 is 0 Å². The van der Waals surface area contributed by atoms with Crippen molar-refractivity contribution in [3.63, 3.8) is 0 Å². The number of nitrogens with one attached hydrogen (secondary N) is 1. The maximum absolute atomic E-state index is 4.72. The molecular weight excluding hydrogens is 174 g/mol. The summed E-state index contributed by atoms with van der Waals surface area (Å²) in [4.78, 5) is 10.1. The van der Waals surface area contributed by atoms with Gasteiger partial charge in [-0.3, -0.25) is 4.40 Å². The zero-order chi connectivity index (χ0) is 8.39. The summed E-state index contributed by atoms with van der Waals surface area (Å²) < 4.78 is 2.00. The monoisotopic (exact) mass is 183 g/mol. The van der Waals surface area contributed by atoms with Crippen LogP contribution in [0.4, 0.5) is 0 Å². The normalized spacial score (nSPS) is 11.1. The molecule has 5 heteroatoms. The molecule has 0 spiro atoms. The van der Waals surface area contributed by atoms with Gasteiger partial charge in [-0.15, -0.1) is 11.3 Å². The van der Waals surface area contributed by atoms with E-state index in [1.54, 1.807) is 18.4 Å². The SMILES string of the molecule is CONCc1cn2ccsc2n1. The minimum Gasteiger partial charge on any atom is -0.305 e. The second-order valence-electron chi connectivity index (χ2n) is 2.35. The number of hydroxylamine groups is 1. The third-order valence-electron chi connectivity index (χ3n) is 1.54. The highest BCUT2D eigenvalue weighted by atomic mass is 32.1. The first-order valence-electron chi connectivity index (χ1n) is 3.57.